The van der Waals surface area contributed by atoms with Crippen LogP contribution in [0, 0.1) is 0 Å². The number of sulfone groups is 1. The summed E-state index contributed by atoms with van der Waals surface area (Å²) in [6.45, 7) is -0.682. The van der Waals surface area contributed by atoms with Crippen molar-refractivity contribution < 1.29 is 13.5 Å². The predicted molar refractivity (Wildman–Crippen MR) is 73.7 cm³/mol. The lowest BCUT2D eigenvalue weighted by molar-refractivity contribution is 0.280. The minimum atomic E-state index is -3.98. The molecule has 1 heterocycles. The van der Waals surface area contributed by atoms with E-state index in [-0.39, 0.29) is 22.0 Å². The molecule has 106 valence electrons. The minimum Gasteiger partial charge on any atom is -0.397 e. The lowest BCUT2D eigenvalue weighted by Crippen LogP contribution is -2.22. The van der Waals surface area contributed by atoms with Crippen molar-refractivity contribution in [3.63, 3.8) is 0 Å². The van der Waals surface area contributed by atoms with Gasteiger partial charge in [-0.05, 0) is 12.1 Å². The van der Waals surface area contributed by atoms with E-state index in [1.54, 1.807) is 18.2 Å². The number of H-pyrrole nitrogens is 1. The molecular weight excluding hydrogens is 282 g/mol. The molecule has 20 heavy (non-hydrogen) atoms. The maximum absolute atomic E-state index is 12.5. The third-order valence-electron chi connectivity index (χ3n) is 2.82. The van der Waals surface area contributed by atoms with Gasteiger partial charge in [0.15, 0.2) is 0 Å². The molecule has 0 fully saturated rings. The fourth-order valence-electron chi connectivity index (χ4n) is 1.82. The van der Waals surface area contributed by atoms with Crippen molar-refractivity contribution >= 4 is 21.3 Å². The third kappa shape index (κ3) is 2.15. The second-order valence-corrected chi connectivity index (χ2v) is 5.95. The van der Waals surface area contributed by atoms with Gasteiger partial charge in [-0.1, -0.05) is 18.2 Å². The average Bonchev–Trinajstić information content (AvgIpc) is 2.39. The van der Waals surface area contributed by atoms with Gasteiger partial charge in [-0.2, -0.15) is 0 Å². The molecule has 0 saturated carbocycles. The summed E-state index contributed by atoms with van der Waals surface area (Å²) in [6, 6.07) is 7.55. The van der Waals surface area contributed by atoms with E-state index < -0.39 is 26.9 Å². The molecule has 0 atom stereocenters. The van der Waals surface area contributed by atoms with E-state index in [2.05, 4.69) is 4.98 Å². The number of rotatable bonds is 3. The van der Waals surface area contributed by atoms with Gasteiger partial charge < -0.3 is 21.6 Å². The lowest BCUT2D eigenvalue weighted by Gasteiger charge is -2.12. The smallest absolute Gasteiger partial charge is 0.257 e. The van der Waals surface area contributed by atoms with E-state index in [0.29, 0.717) is 0 Å². The van der Waals surface area contributed by atoms with Gasteiger partial charge in [-0.3, -0.25) is 4.79 Å². The molecule has 1 aromatic heterocycles. The van der Waals surface area contributed by atoms with E-state index in [4.69, 9.17) is 16.6 Å². The third-order valence-corrected chi connectivity index (χ3v) is 4.69. The quantitative estimate of drug-likeness (QED) is 0.621. The first-order chi connectivity index (χ1) is 9.39. The Labute approximate surface area is 114 Å². The van der Waals surface area contributed by atoms with Crippen LogP contribution in [0.15, 0.2) is 44.9 Å². The summed E-state index contributed by atoms with van der Waals surface area (Å²) < 4.78 is 25.0. The molecule has 0 unspecified atom stereocenters. The molecule has 0 spiro atoms. The summed E-state index contributed by atoms with van der Waals surface area (Å²) in [5.74, 6) is -0.353. The van der Waals surface area contributed by atoms with Crippen LogP contribution in [0.2, 0.25) is 0 Å². The second kappa shape index (κ2) is 4.99. The van der Waals surface area contributed by atoms with Crippen molar-refractivity contribution in [2.24, 2.45) is 0 Å². The summed E-state index contributed by atoms with van der Waals surface area (Å²) in [4.78, 5) is 13.3. The number of pyridine rings is 1. The molecule has 0 aliphatic heterocycles. The van der Waals surface area contributed by atoms with Crippen LogP contribution in [-0.4, -0.2) is 18.5 Å². The maximum Gasteiger partial charge on any atom is 0.257 e. The van der Waals surface area contributed by atoms with Crippen LogP contribution in [0.4, 0.5) is 11.5 Å². The fraction of sp³-hybridized carbons (Fsp3) is 0.0833. The zero-order valence-electron chi connectivity index (χ0n) is 10.3. The number of anilines is 2. The van der Waals surface area contributed by atoms with Gasteiger partial charge in [0.05, 0.1) is 22.8 Å². The minimum absolute atomic E-state index is 0.00524. The van der Waals surface area contributed by atoms with Crippen LogP contribution in [0.3, 0.4) is 0 Å². The SMILES string of the molecule is Nc1[nH]c(=O)c(CO)c(N)c1S(=O)(=O)c1ccccc1. The molecule has 2 rings (SSSR count). The lowest BCUT2D eigenvalue weighted by atomic mass is 10.2. The average molecular weight is 295 g/mol. The Morgan fingerprint density at radius 1 is 1.15 bits per heavy atom. The van der Waals surface area contributed by atoms with Gasteiger partial charge in [0.1, 0.15) is 10.7 Å². The van der Waals surface area contributed by atoms with E-state index in [1.807, 2.05) is 0 Å². The summed E-state index contributed by atoms with van der Waals surface area (Å²) in [7, 11) is -3.98. The Bertz CT molecular complexity index is 797. The van der Waals surface area contributed by atoms with Gasteiger partial charge in [-0.25, -0.2) is 8.42 Å². The highest BCUT2D eigenvalue weighted by Gasteiger charge is 2.26. The number of hydrogen-bond acceptors (Lipinski definition) is 6. The first-order valence-electron chi connectivity index (χ1n) is 5.60. The Morgan fingerprint density at radius 3 is 2.30 bits per heavy atom. The number of nitrogen functional groups attached to an aromatic ring is 2. The van der Waals surface area contributed by atoms with E-state index in [1.165, 1.54) is 12.1 Å². The van der Waals surface area contributed by atoms with Gasteiger partial charge in [0.25, 0.3) is 5.56 Å². The van der Waals surface area contributed by atoms with Gasteiger partial charge in [0, 0.05) is 0 Å². The number of aromatic nitrogens is 1. The number of aliphatic hydroxyl groups excluding tert-OH is 1. The molecule has 6 N–H and O–H groups in total. The van der Waals surface area contributed by atoms with Crippen LogP contribution in [0.25, 0.3) is 0 Å². The Morgan fingerprint density at radius 2 is 1.75 bits per heavy atom. The van der Waals surface area contributed by atoms with Crippen molar-refractivity contribution in [2.45, 2.75) is 16.4 Å². The van der Waals surface area contributed by atoms with Crippen LogP contribution in [0.5, 0.6) is 0 Å². The monoisotopic (exact) mass is 295 g/mol. The summed E-state index contributed by atoms with van der Waals surface area (Å²) in [5.41, 5.74) is 9.98. The number of nitrogens with one attached hydrogen (secondary N) is 1. The van der Waals surface area contributed by atoms with E-state index >= 15 is 0 Å². The van der Waals surface area contributed by atoms with Gasteiger partial charge in [0.2, 0.25) is 9.84 Å². The number of benzene rings is 1. The number of aliphatic hydroxyl groups is 1. The first-order valence-corrected chi connectivity index (χ1v) is 7.09. The van der Waals surface area contributed by atoms with E-state index in [0.717, 1.165) is 0 Å². The number of hydrogen-bond donors (Lipinski definition) is 4. The zero-order chi connectivity index (χ0) is 14.9. The number of aromatic amines is 1. The van der Waals surface area contributed by atoms with Gasteiger partial charge in [-0.15, -0.1) is 0 Å². The van der Waals surface area contributed by atoms with Crippen molar-refractivity contribution in [3.05, 3.63) is 46.2 Å². The zero-order valence-corrected chi connectivity index (χ0v) is 11.1. The van der Waals surface area contributed by atoms with E-state index in [9.17, 15) is 13.2 Å². The van der Waals surface area contributed by atoms with Crippen molar-refractivity contribution in [1.29, 1.82) is 0 Å². The van der Waals surface area contributed by atoms with Crippen LogP contribution < -0.4 is 17.0 Å². The molecule has 2 aromatic rings. The Balaban J connectivity index is 2.80. The summed E-state index contributed by atoms with van der Waals surface area (Å²) >= 11 is 0. The molecule has 7 nitrogen and oxygen atoms in total. The predicted octanol–water partition coefficient (Wildman–Crippen LogP) is -0.136. The molecule has 0 aliphatic rings. The number of nitrogens with two attached hydrogens (primary N) is 2. The molecule has 0 radical (unpaired) electrons. The molecular formula is C12H13N3O4S. The standard InChI is InChI=1S/C12H13N3O4S/c13-9-8(6-16)12(17)15-11(14)10(9)20(18,19)7-4-2-1-3-5-7/h1-5,16H,6H2,(H5,13,14,15,17). The molecule has 0 saturated heterocycles. The maximum atomic E-state index is 12.5. The second-order valence-electron chi connectivity index (χ2n) is 4.06. The van der Waals surface area contributed by atoms with Crippen molar-refractivity contribution in [2.75, 3.05) is 11.5 Å². The topological polar surface area (TPSA) is 139 Å². The molecule has 1 aromatic carbocycles. The van der Waals surface area contributed by atoms with Crippen LogP contribution >= 0.6 is 0 Å². The first kappa shape index (κ1) is 14.1. The molecule has 8 heteroatoms. The summed E-state index contributed by atoms with van der Waals surface area (Å²) in [6.07, 6.45) is 0. The normalized spacial score (nSPS) is 11.4. The van der Waals surface area contributed by atoms with Crippen LogP contribution in [0.1, 0.15) is 5.56 Å². The highest BCUT2D eigenvalue weighted by atomic mass is 32.2. The Kier molecular flexibility index (Phi) is 3.51. The highest BCUT2D eigenvalue weighted by molar-refractivity contribution is 7.91. The molecule has 0 aliphatic carbocycles. The summed E-state index contributed by atoms with van der Waals surface area (Å²) in [5, 5.41) is 9.12. The highest BCUT2D eigenvalue weighted by Crippen LogP contribution is 2.30. The molecule has 0 amide bonds. The Hall–Kier alpha value is -2.32. The van der Waals surface area contributed by atoms with Gasteiger partial charge >= 0.3 is 0 Å². The van der Waals surface area contributed by atoms with Crippen LogP contribution in [-0.2, 0) is 16.4 Å². The van der Waals surface area contributed by atoms with Crippen molar-refractivity contribution in [1.82, 2.24) is 4.98 Å². The van der Waals surface area contributed by atoms with Crippen molar-refractivity contribution in [3.8, 4) is 0 Å². The molecule has 0 bridgehead atoms. The largest absolute Gasteiger partial charge is 0.397 e. The fourth-order valence-corrected chi connectivity index (χ4v) is 3.33.